The Morgan fingerprint density at radius 2 is 1.91 bits per heavy atom. The van der Waals surface area contributed by atoms with E-state index < -0.39 is 0 Å². The van der Waals surface area contributed by atoms with Gasteiger partial charge in [0.2, 0.25) is 0 Å². The third-order valence-corrected chi connectivity index (χ3v) is 4.08. The predicted octanol–water partition coefficient (Wildman–Crippen LogP) is 2.63. The Kier molecular flexibility index (Phi) is 4.52. The summed E-state index contributed by atoms with van der Waals surface area (Å²) in [4.78, 5) is 17.9. The van der Waals surface area contributed by atoms with E-state index in [1.165, 1.54) is 17.5 Å². The lowest BCUT2D eigenvalue weighted by atomic mass is 10.0. The van der Waals surface area contributed by atoms with Crippen LogP contribution in [0.5, 0.6) is 0 Å². The van der Waals surface area contributed by atoms with Crippen molar-refractivity contribution in [3.8, 4) is 0 Å². The molecule has 6 nitrogen and oxygen atoms in total. The molecule has 2 heterocycles. The quantitative estimate of drug-likeness (QED) is 0.732. The van der Waals surface area contributed by atoms with Gasteiger partial charge in [0.25, 0.3) is 0 Å². The van der Waals surface area contributed by atoms with Crippen LogP contribution in [-0.2, 0) is 6.42 Å². The second kappa shape index (κ2) is 6.75. The molecule has 0 saturated carbocycles. The number of rotatable bonds is 6. The molecule has 2 aromatic heterocycles. The van der Waals surface area contributed by atoms with Crippen molar-refractivity contribution in [3.63, 3.8) is 0 Å². The number of aromatic nitrogens is 4. The fourth-order valence-electron chi connectivity index (χ4n) is 2.67. The van der Waals surface area contributed by atoms with Crippen molar-refractivity contribution in [3.05, 3.63) is 48.0 Å². The minimum atomic E-state index is 0.258. The minimum Gasteiger partial charge on any atom is -0.366 e. The molecule has 6 heteroatoms. The Morgan fingerprint density at radius 1 is 1.13 bits per heavy atom. The van der Waals surface area contributed by atoms with Crippen LogP contribution in [0.3, 0.4) is 0 Å². The van der Waals surface area contributed by atoms with Gasteiger partial charge < -0.3 is 15.2 Å². The molecule has 0 aliphatic heterocycles. The molecule has 3 aromatic rings. The van der Waals surface area contributed by atoms with E-state index >= 15 is 0 Å². The van der Waals surface area contributed by atoms with Gasteiger partial charge in [-0.1, -0.05) is 31.2 Å². The summed E-state index contributed by atoms with van der Waals surface area (Å²) < 4.78 is 0. The molecule has 0 aliphatic rings. The van der Waals surface area contributed by atoms with Crippen molar-refractivity contribution in [2.75, 3.05) is 26.0 Å². The lowest BCUT2D eigenvalue weighted by molar-refractivity contribution is 0.311. The Morgan fingerprint density at radius 3 is 2.61 bits per heavy atom. The summed E-state index contributed by atoms with van der Waals surface area (Å²) in [6, 6.07) is 9.06. The number of benzene rings is 1. The molecule has 0 saturated heterocycles. The van der Waals surface area contributed by atoms with E-state index in [9.17, 15) is 0 Å². The molecule has 0 radical (unpaired) electrons. The number of aromatic amines is 1. The van der Waals surface area contributed by atoms with Gasteiger partial charge in [-0.05, 0) is 31.6 Å². The first kappa shape index (κ1) is 15.4. The van der Waals surface area contributed by atoms with Crippen LogP contribution in [0, 0.1) is 0 Å². The molecule has 0 spiro atoms. The molecule has 2 N–H and O–H groups in total. The third kappa shape index (κ3) is 3.32. The SMILES string of the molecule is CCc1ccc(C(CNc2ncnc3nc[nH]c23)N(C)C)cc1. The van der Waals surface area contributed by atoms with Crippen molar-refractivity contribution in [2.24, 2.45) is 0 Å². The van der Waals surface area contributed by atoms with Crippen molar-refractivity contribution < 1.29 is 0 Å². The Labute approximate surface area is 136 Å². The highest BCUT2D eigenvalue weighted by atomic mass is 15.1. The van der Waals surface area contributed by atoms with Crippen LogP contribution in [-0.4, -0.2) is 45.5 Å². The zero-order chi connectivity index (χ0) is 16.2. The number of nitrogens with zero attached hydrogens (tertiary/aromatic N) is 4. The maximum Gasteiger partial charge on any atom is 0.182 e. The first-order chi connectivity index (χ1) is 11.2. The zero-order valence-electron chi connectivity index (χ0n) is 13.7. The highest BCUT2D eigenvalue weighted by Gasteiger charge is 2.15. The number of imidazole rings is 1. The molecule has 0 aliphatic carbocycles. The summed E-state index contributed by atoms with van der Waals surface area (Å²) in [5.41, 5.74) is 4.16. The Hall–Kier alpha value is -2.47. The topological polar surface area (TPSA) is 69.7 Å². The van der Waals surface area contributed by atoms with Crippen molar-refractivity contribution in [2.45, 2.75) is 19.4 Å². The largest absolute Gasteiger partial charge is 0.366 e. The van der Waals surface area contributed by atoms with Gasteiger partial charge in [-0.2, -0.15) is 0 Å². The molecule has 0 amide bonds. The highest BCUT2D eigenvalue weighted by molar-refractivity contribution is 5.81. The molecule has 3 rings (SSSR count). The fourth-order valence-corrected chi connectivity index (χ4v) is 2.67. The minimum absolute atomic E-state index is 0.258. The van der Waals surface area contributed by atoms with E-state index in [0.717, 1.165) is 24.3 Å². The third-order valence-electron chi connectivity index (χ3n) is 4.08. The maximum atomic E-state index is 4.32. The number of likely N-dealkylation sites (N-methyl/N-ethyl adjacent to an activating group) is 1. The molecule has 0 fully saturated rings. The van der Waals surface area contributed by atoms with Crippen LogP contribution in [0.2, 0.25) is 0 Å². The first-order valence-corrected chi connectivity index (χ1v) is 7.82. The molecule has 23 heavy (non-hydrogen) atoms. The van der Waals surface area contributed by atoms with Crippen LogP contribution in [0.25, 0.3) is 11.2 Å². The Balaban J connectivity index is 1.78. The zero-order valence-corrected chi connectivity index (χ0v) is 13.7. The Bertz CT molecular complexity index is 762. The van der Waals surface area contributed by atoms with Gasteiger partial charge in [0.1, 0.15) is 11.8 Å². The number of fused-ring (bicyclic) bond motifs is 1. The predicted molar refractivity (Wildman–Crippen MR) is 92.4 cm³/mol. The monoisotopic (exact) mass is 310 g/mol. The second-order valence-corrected chi connectivity index (χ2v) is 5.78. The van der Waals surface area contributed by atoms with Crippen molar-refractivity contribution >= 4 is 17.0 Å². The van der Waals surface area contributed by atoms with Gasteiger partial charge in [-0.15, -0.1) is 0 Å². The van der Waals surface area contributed by atoms with Crippen LogP contribution in [0.4, 0.5) is 5.82 Å². The van der Waals surface area contributed by atoms with E-state index in [2.05, 4.69) is 75.4 Å². The van der Waals surface area contributed by atoms with Gasteiger partial charge >= 0.3 is 0 Å². The molecule has 1 aromatic carbocycles. The smallest absolute Gasteiger partial charge is 0.182 e. The number of aryl methyl sites for hydroxylation is 1. The van der Waals surface area contributed by atoms with Gasteiger partial charge in [0, 0.05) is 6.54 Å². The number of nitrogens with one attached hydrogen (secondary N) is 2. The van der Waals surface area contributed by atoms with E-state index in [-0.39, 0.29) is 6.04 Å². The van der Waals surface area contributed by atoms with Gasteiger partial charge in [-0.3, -0.25) is 0 Å². The number of H-pyrrole nitrogens is 1. The molecule has 0 bridgehead atoms. The normalized spacial score (nSPS) is 12.7. The van der Waals surface area contributed by atoms with Gasteiger partial charge in [0.15, 0.2) is 11.5 Å². The molecule has 1 atom stereocenters. The average molecular weight is 310 g/mol. The molecular formula is C17H22N6. The van der Waals surface area contributed by atoms with Gasteiger partial charge in [-0.25, -0.2) is 15.0 Å². The fraction of sp³-hybridized carbons (Fsp3) is 0.353. The summed E-state index contributed by atoms with van der Waals surface area (Å²) in [5, 5.41) is 3.42. The van der Waals surface area contributed by atoms with Crippen LogP contribution >= 0.6 is 0 Å². The number of hydrogen-bond acceptors (Lipinski definition) is 5. The summed E-state index contributed by atoms with van der Waals surface area (Å²) >= 11 is 0. The second-order valence-electron chi connectivity index (χ2n) is 5.78. The maximum absolute atomic E-state index is 4.32. The summed E-state index contributed by atoms with van der Waals surface area (Å²) in [7, 11) is 4.18. The number of anilines is 1. The van der Waals surface area contributed by atoms with E-state index in [1.54, 1.807) is 6.33 Å². The summed E-state index contributed by atoms with van der Waals surface area (Å²) in [6.07, 6.45) is 4.23. The highest BCUT2D eigenvalue weighted by Crippen LogP contribution is 2.21. The molecular weight excluding hydrogens is 288 g/mol. The van der Waals surface area contributed by atoms with E-state index in [4.69, 9.17) is 0 Å². The van der Waals surface area contributed by atoms with Crippen molar-refractivity contribution in [1.82, 2.24) is 24.8 Å². The standard InChI is InChI=1S/C17H22N6/c1-4-12-5-7-13(8-6-12)14(23(2)3)9-18-16-15-17(20-10-19-15)22-11-21-16/h5-8,10-11,14H,4,9H2,1-3H3,(H2,18,19,20,21,22). The lowest BCUT2D eigenvalue weighted by Crippen LogP contribution is -2.27. The van der Waals surface area contributed by atoms with Crippen LogP contribution in [0.1, 0.15) is 24.1 Å². The molecule has 1 unspecified atom stereocenters. The van der Waals surface area contributed by atoms with Gasteiger partial charge in [0.05, 0.1) is 12.4 Å². The average Bonchev–Trinajstić information content (AvgIpc) is 3.04. The van der Waals surface area contributed by atoms with E-state index in [0.29, 0.717) is 5.65 Å². The van der Waals surface area contributed by atoms with Crippen LogP contribution in [0.15, 0.2) is 36.9 Å². The van der Waals surface area contributed by atoms with E-state index in [1.807, 2.05) is 0 Å². The summed E-state index contributed by atoms with van der Waals surface area (Å²) in [5.74, 6) is 0.782. The van der Waals surface area contributed by atoms with Crippen molar-refractivity contribution in [1.29, 1.82) is 0 Å². The number of hydrogen-bond donors (Lipinski definition) is 2. The first-order valence-electron chi connectivity index (χ1n) is 7.82. The van der Waals surface area contributed by atoms with Crippen LogP contribution < -0.4 is 5.32 Å². The summed E-state index contributed by atoms with van der Waals surface area (Å²) in [6.45, 7) is 2.92. The lowest BCUT2D eigenvalue weighted by Gasteiger charge is -2.25. The molecule has 120 valence electrons.